The van der Waals surface area contributed by atoms with Crippen LogP contribution in [-0.4, -0.2) is 64.4 Å². The Bertz CT molecular complexity index is 1300. The molecule has 0 saturated heterocycles. The molecule has 0 radical (unpaired) electrons. The Kier molecular flexibility index (Phi) is 11.6. The molecule has 0 fully saturated rings. The number of hydrogen-bond acceptors (Lipinski definition) is 5. The number of hydrogen-bond donors (Lipinski definition) is 3. The molecule has 8 nitrogen and oxygen atoms in total. The van der Waals surface area contributed by atoms with Crippen LogP contribution in [0.2, 0.25) is 0 Å². The summed E-state index contributed by atoms with van der Waals surface area (Å²) in [6.45, 7) is 7.26. The molecule has 5 N–H and O–H groups in total. The highest BCUT2D eigenvalue weighted by Gasteiger charge is 2.26. The van der Waals surface area contributed by atoms with Gasteiger partial charge in [-0.15, -0.1) is 0 Å². The summed E-state index contributed by atoms with van der Waals surface area (Å²) in [6, 6.07) is 21.1. The summed E-state index contributed by atoms with van der Waals surface area (Å²) in [4.78, 5) is 42.8. The zero-order valence-corrected chi connectivity index (χ0v) is 24.3. The van der Waals surface area contributed by atoms with E-state index in [9.17, 15) is 19.5 Å². The van der Waals surface area contributed by atoms with Gasteiger partial charge in [0.25, 0.3) is 11.8 Å². The molecule has 0 aliphatic rings. The van der Waals surface area contributed by atoms with Gasteiger partial charge in [-0.1, -0.05) is 74.0 Å². The molecule has 0 spiro atoms. The Labute approximate surface area is 242 Å². The largest absolute Gasteiger partial charge is 0.390 e. The average Bonchev–Trinajstić information content (AvgIpc) is 2.97. The zero-order valence-electron chi connectivity index (χ0n) is 24.3. The van der Waals surface area contributed by atoms with Gasteiger partial charge in [0.05, 0.1) is 6.10 Å². The molecule has 218 valence electrons. The first-order valence-corrected chi connectivity index (χ1v) is 14.2. The summed E-state index contributed by atoms with van der Waals surface area (Å²) in [5.41, 5.74) is 15.4. The third-order valence-electron chi connectivity index (χ3n) is 6.98. The molecule has 3 amide bonds. The molecule has 0 bridgehead atoms. The lowest BCUT2D eigenvalue weighted by atomic mass is 9.99. The average molecular weight is 559 g/mol. The van der Waals surface area contributed by atoms with Gasteiger partial charge >= 0.3 is 0 Å². The fourth-order valence-corrected chi connectivity index (χ4v) is 4.75. The van der Waals surface area contributed by atoms with Gasteiger partial charge in [0, 0.05) is 48.9 Å². The van der Waals surface area contributed by atoms with E-state index in [1.165, 1.54) is 23.1 Å². The van der Waals surface area contributed by atoms with Crippen molar-refractivity contribution < 1.29 is 19.5 Å². The molecule has 0 aromatic heterocycles. The minimum atomic E-state index is -1.02. The summed E-state index contributed by atoms with van der Waals surface area (Å²) in [7, 11) is 0. The summed E-state index contributed by atoms with van der Waals surface area (Å²) in [5.74, 6) is -1.44. The number of aliphatic hydroxyl groups excluding tert-OH is 1. The van der Waals surface area contributed by atoms with E-state index in [-0.39, 0.29) is 35.7 Å². The molecule has 0 aliphatic carbocycles. The normalized spacial score (nSPS) is 12.4. The van der Waals surface area contributed by atoms with E-state index in [4.69, 9.17) is 11.5 Å². The maximum Gasteiger partial charge on any atom is 0.254 e. The van der Waals surface area contributed by atoms with Gasteiger partial charge in [0.2, 0.25) is 5.91 Å². The molecular weight excluding hydrogens is 516 g/mol. The summed E-state index contributed by atoms with van der Waals surface area (Å²) < 4.78 is 0. The maximum absolute atomic E-state index is 14.0. The standard InChI is InChI=1S/C33H42N4O4/c1-4-15-36(16-5-2)32(40)27-18-26(31(35)39)19-28(20-27)33(41)37(21-25-9-7-6-8-10-25)22-30(38)29(34)17-24-13-11-23(3)12-14-24/h6-14,18-20,29-30,38H,4-5,15-17,21-22,34H2,1-3H3,(H2,35,39)/t29-,30+/m0/s1. The molecular formula is C33H42N4O4. The Hall–Kier alpha value is -4.01. The molecule has 0 unspecified atom stereocenters. The topological polar surface area (TPSA) is 130 Å². The molecule has 2 atom stereocenters. The number of nitrogens with zero attached hydrogens (tertiary/aromatic N) is 2. The van der Waals surface area contributed by atoms with Gasteiger partial charge in [-0.2, -0.15) is 0 Å². The molecule has 3 rings (SSSR count). The number of carbonyl (C=O) groups excluding carboxylic acids is 3. The Morgan fingerprint density at radius 2 is 1.32 bits per heavy atom. The Balaban J connectivity index is 1.93. The van der Waals surface area contributed by atoms with Gasteiger partial charge in [-0.05, 0) is 55.5 Å². The van der Waals surface area contributed by atoms with Crippen molar-refractivity contribution in [2.45, 2.75) is 58.7 Å². The molecule has 0 heterocycles. The van der Waals surface area contributed by atoms with Crippen LogP contribution in [0.3, 0.4) is 0 Å². The zero-order chi connectivity index (χ0) is 29.9. The fraction of sp³-hybridized carbons (Fsp3) is 0.364. The van der Waals surface area contributed by atoms with E-state index in [2.05, 4.69) is 0 Å². The molecule has 3 aromatic carbocycles. The molecule has 0 aliphatic heterocycles. The quantitative estimate of drug-likeness (QED) is 0.276. The smallest absolute Gasteiger partial charge is 0.254 e. The minimum absolute atomic E-state index is 0.0391. The second kappa shape index (κ2) is 15.1. The highest BCUT2D eigenvalue weighted by molar-refractivity contribution is 6.04. The van der Waals surface area contributed by atoms with Crippen molar-refractivity contribution in [1.82, 2.24) is 9.80 Å². The van der Waals surface area contributed by atoms with Crippen molar-refractivity contribution in [3.8, 4) is 0 Å². The predicted molar refractivity (Wildman–Crippen MR) is 161 cm³/mol. The third-order valence-corrected chi connectivity index (χ3v) is 6.98. The van der Waals surface area contributed by atoms with Crippen LogP contribution in [0.4, 0.5) is 0 Å². The van der Waals surface area contributed by atoms with Crippen LogP contribution in [-0.2, 0) is 13.0 Å². The number of aryl methyl sites for hydroxylation is 1. The van der Waals surface area contributed by atoms with Crippen molar-refractivity contribution in [3.63, 3.8) is 0 Å². The first-order chi connectivity index (χ1) is 19.6. The number of amides is 3. The SMILES string of the molecule is CCCN(CCC)C(=O)c1cc(C(N)=O)cc(C(=O)N(Cc2ccccc2)C[C@@H](O)[C@@H](N)Cc2ccc(C)cc2)c1. The summed E-state index contributed by atoms with van der Waals surface area (Å²) >= 11 is 0. The van der Waals surface area contributed by atoms with Crippen molar-refractivity contribution >= 4 is 17.7 Å². The first kappa shape index (κ1) is 31.5. The van der Waals surface area contributed by atoms with E-state index in [1.807, 2.05) is 75.4 Å². The van der Waals surface area contributed by atoms with Gasteiger partial charge < -0.3 is 26.4 Å². The van der Waals surface area contributed by atoms with Crippen LogP contribution in [0.5, 0.6) is 0 Å². The maximum atomic E-state index is 14.0. The monoisotopic (exact) mass is 558 g/mol. The Morgan fingerprint density at radius 1 is 0.780 bits per heavy atom. The Morgan fingerprint density at radius 3 is 1.85 bits per heavy atom. The number of rotatable bonds is 14. The summed E-state index contributed by atoms with van der Waals surface area (Å²) in [6.07, 6.45) is 0.973. The number of benzene rings is 3. The van der Waals surface area contributed by atoms with Gasteiger partial charge in [0.15, 0.2) is 0 Å². The molecule has 8 heteroatoms. The highest BCUT2D eigenvalue weighted by Crippen LogP contribution is 2.18. The van der Waals surface area contributed by atoms with Crippen molar-refractivity contribution in [1.29, 1.82) is 0 Å². The number of nitrogens with two attached hydrogens (primary N) is 2. The second-order valence-corrected chi connectivity index (χ2v) is 10.5. The predicted octanol–water partition coefficient (Wildman–Crippen LogP) is 3.93. The van der Waals surface area contributed by atoms with Gasteiger partial charge in [0.1, 0.15) is 0 Å². The van der Waals surface area contributed by atoms with Crippen molar-refractivity contribution in [2.24, 2.45) is 11.5 Å². The van der Waals surface area contributed by atoms with Crippen LogP contribution >= 0.6 is 0 Å². The van der Waals surface area contributed by atoms with Crippen LogP contribution in [0.25, 0.3) is 0 Å². The van der Waals surface area contributed by atoms with Crippen molar-refractivity contribution in [3.05, 3.63) is 106 Å². The van der Waals surface area contributed by atoms with Gasteiger partial charge in [-0.25, -0.2) is 0 Å². The van der Waals surface area contributed by atoms with Gasteiger partial charge in [-0.3, -0.25) is 14.4 Å². The second-order valence-electron chi connectivity index (χ2n) is 10.5. The van der Waals surface area contributed by atoms with Crippen LogP contribution in [0, 0.1) is 6.92 Å². The molecule has 0 saturated carbocycles. The number of carbonyl (C=O) groups is 3. The molecule has 41 heavy (non-hydrogen) atoms. The van der Waals surface area contributed by atoms with Crippen molar-refractivity contribution in [2.75, 3.05) is 19.6 Å². The van der Waals surface area contributed by atoms with Crippen LogP contribution in [0.15, 0.2) is 72.8 Å². The number of aliphatic hydroxyl groups is 1. The molecule has 3 aromatic rings. The van der Waals surface area contributed by atoms with E-state index >= 15 is 0 Å². The fourth-order valence-electron chi connectivity index (χ4n) is 4.75. The summed E-state index contributed by atoms with van der Waals surface area (Å²) in [5, 5.41) is 11.1. The van der Waals surface area contributed by atoms with Crippen LogP contribution < -0.4 is 11.5 Å². The lowest BCUT2D eigenvalue weighted by molar-refractivity contribution is 0.0554. The van der Waals surface area contributed by atoms with E-state index in [0.29, 0.717) is 19.5 Å². The van der Waals surface area contributed by atoms with Crippen LogP contribution in [0.1, 0.15) is 74.5 Å². The number of primary amides is 1. The third kappa shape index (κ3) is 8.99. The van der Waals surface area contributed by atoms with E-state index < -0.39 is 24.0 Å². The lowest BCUT2D eigenvalue weighted by Gasteiger charge is -2.29. The van der Waals surface area contributed by atoms with E-state index in [1.54, 1.807) is 4.90 Å². The lowest BCUT2D eigenvalue weighted by Crippen LogP contribution is -2.46. The minimum Gasteiger partial charge on any atom is -0.390 e. The first-order valence-electron chi connectivity index (χ1n) is 14.2. The van der Waals surface area contributed by atoms with E-state index in [0.717, 1.165) is 29.5 Å². The highest BCUT2D eigenvalue weighted by atomic mass is 16.3.